The molecule has 0 aliphatic heterocycles. The number of benzene rings is 1. The first kappa shape index (κ1) is 12.5. The number of rotatable bonds is 5. The fourth-order valence-electron chi connectivity index (χ4n) is 2.11. The molecule has 0 atom stereocenters. The van der Waals surface area contributed by atoms with E-state index in [-0.39, 0.29) is 0 Å². The highest BCUT2D eigenvalue weighted by Crippen LogP contribution is 2.27. The zero-order valence-corrected chi connectivity index (χ0v) is 11.1. The Bertz CT molecular complexity index is 486. The molecule has 2 N–H and O–H groups in total. The van der Waals surface area contributed by atoms with Crippen LogP contribution in [0, 0.1) is 0 Å². The van der Waals surface area contributed by atoms with Gasteiger partial charge in [0.1, 0.15) is 0 Å². The first-order valence-corrected chi connectivity index (χ1v) is 6.62. The molecule has 0 saturated carbocycles. The molecule has 3 heteroatoms. The Kier molecular flexibility index (Phi) is 4.08. The highest BCUT2D eigenvalue weighted by molar-refractivity contribution is 6.36. The van der Waals surface area contributed by atoms with Gasteiger partial charge in [-0.1, -0.05) is 43.6 Å². The van der Waals surface area contributed by atoms with Crippen LogP contribution in [0.2, 0.25) is 5.02 Å². The second kappa shape index (κ2) is 5.56. The van der Waals surface area contributed by atoms with E-state index in [0.29, 0.717) is 6.04 Å². The van der Waals surface area contributed by atoms with E-state index in [4.69, 9.17) is 11.6 Å². The lowest BCUT2D eigenvalue weighted by molar-refractivity contribution is 0.481. The zero-order valence-electron chi connectivity index (χ0n) is 10.4. The van der Waals surface area contributed by atoms with Crippen LogP contribution in [-0.4, -0.2) is 11.0 Å². The van der Waals surface area contributed by atoms with Crippen molar-refractivity contribution in [2.24, 2.45) is 0 Å². The Labute approximate surface area is 107 Å². The Morgan fingerprint density at radius 1 is 1.24 bits per heavy atom. The van der Waals surface area contributed by atoms with Gasteiger partial charge in [-0.2, -0.15) is 0 Å². The van der Waals surface area contributed by atoms with Crippen LogP contribution in [0.3, 0.4) is 0 Å². The summed E-state index contributed by atoms with van der Waals surface area (Å²) in [5.74, 6) is 0. The lowest BCUT2D eigenvalue weighted by atomic mass is 10.2. The van der Waals surface area contributed by atoms with E-state index >= 15 is 0 Å². The predicted octanol–water partition coefficient (Wildman–Crippen LogP) is 4.10. The van der Waals surface area contributed by atoms with Gasteiger partial charge in [0.25, 0.3) is 0 Å². The number of hydrogen-bond acceptors (Lipinski definition) is 1. The maximum Gasteiger partial charge on any atom is 0.0705 e. The SMILES string of the molecule is CCC(CC)NCc1[nH]c2ccccc2c1Cl. The molecule has 1 aromatic heterocycles. The number of fused-ring (bicyclic) bond motifs is 1. The molecule has 0 fully saturated rings. The molecule has 1 aromatic carbocycles. The van der Waals surface area contributed by atoms with Gasteiger partial charge in [0.2, 0.25) is 0 Å². The molecule has 2 rings (SSSR count). The number of halogens is 1. The summed E-state index contributed by atoms with van der Waals surface area (Å²) in [6, 6.07) is 8.71. The molecule has 0 aliphatic rings. The third-order valence-corrected chi connectivity index (χ3v) is 3.70. The predicted molar refractivity (Wildman–Crippen MR) is 74.5 cm³/mol. The summed E-state index contributed by atoms with van der Waals surface area (Å²) in [6.45, 7) is 5.21. The summed E-state index contributed by atoms with van der Waals surface area (Å²) >= 11 is 6.36. The molecule has 92 valence electrons. The molecule has 0 aliphatic carbocycles. The maximum absolute atomic E-state index is 6.36. The van der Waals surface area contributed by atoms with Gasteiger partial charge >= 0.3 is 0 Å². The van der Waals surface area contributed by atoms with E-state index in [9.17, 15) is 0 Å². The van der Waals surface area contributed by atoms with Crippen LogP contribution in [0.5, 0.6) is 0 Å². The summed E-state index contributed by atoms with van der Waals surface area (Å²) in [5.41, 5.74) is 2.19. The van der Waals surface area contributed by atoms with Gasteiger partial charge in [0, 0.05) is 29.2 Å². The van der Waals surface area contributed by atoms with Crippen LogP contribution in [0.15, 0.2) is 24.3 Å². The van der Waals surface area contributed by atoms with Crippen molar-refractivity contribution in [3.63, 3.8) is 0 Å². The van der Waals surface area contributed by atoms with E-state index in [2.05, 4.69) is 36.3 Å². The van der Waals surface area contributed by atoms with Gasteiger partial charge in [-0.15, -0.1) is 0 Å². The minimum absolute atomic E-state index is 0.567. The molecule has 2 aromatic rings. The van der Waals surface area contributed by atoms with Crippen LogP contribution in [-0.2, 0) is 6.54 Å². The lowest BCUT2D eigenvalue weighted by Gasteiger charge is -2.13. The average molecular weight is 251 g/mol. The summed E-state index contributed by atoms with van der Waals surface area (Å²) in [6.07, 6.45) is 2.29. The fourth-order valence-corrected chi connectivity index (χ4v) is 2.39. The average Bonchev–Trinajstić information content (AvgIpc) is 2.68. The van der Waals surface area contributed by atoms with Crippen molar-refractivity contribution in [2.75, 3.05) is 0 Å². The molecule has 0 radical (unpaired) electrons. The number of H-pyrrole nitrogens is 1. The van der Waals surface area contributed by atoms with E-state index in [0.717, 1.165) is 41.0 Å². The lowest BCUT2D eigenvalue weighted by Crippen LogP contribution is -2.27. The molecule has 1 heterocycles. The second-order valence-corrected chi connectivity index (χ2v) is 4.74. The summed E-state index contributed by atoms with van der Waals surface area (Å²) < 4.78 is 0. The molecule has 0 bridgehead atoms. The zero-order chi connectivity index (χ0) is 12.3. The summed E-state index contributed by atoms with van der Waals surface area (Å²) in [7, 11) is 0. The molecule has 0 amide bonds. The fraction of sp³-hybridized carbons (Fsp3) is 0.429. The number of hydrogen-bond donors (Lipinski definition) is 2. The van der Waals surface area contributed by atoms with Crippen molar-refractivity contribution in [2.45, 2.75) is 39.3 Å². The Morgan fingerprint density at radius 3 is 2.59 bits per heavy atom. The van der Waals surface area contributed by atoms with Gasteiger partial charge < -0.3 is 10.3 Å². The number of aromatic amines is 1. The van der Waals surface area contributed by atoms with Gasteiger partial charge in [-0.05, 0) is 18.9 Å². The number of aromatic nitrogens is 1. The second-order valence-electron chi connectivity index (χ2n) is 4.36. The van der Waals surface area contributed by atoms with Gasteiger partial charge in [0.15, 0.2) is 0 Å². The maximum atomic E-state index is 6.36. The largest absolute Gasteiger partial charge is 0.356 e. The smallest absolute Gasteiger partial charge is 0.0705 e. The van der Waals surface area contributed by atoms with Crippen molar-refractivity contribution < 1.29 is 0 Å². The van der Waals surface area contributed by atoms with Crippen molar-refractivity contribution in [3.8, 4) is 0 Å². The van der Waals surface area contributed by atoms with Crippen LogP contribution in [0.4, 0.5) is 0 Å². The minimum Gasteiger partial charge on any atom is -0.356 e. The standard InChI is InChI=1S/C14H19ClN2/c1-3-10(4-2)16-9-13-14(15)11-7-5-6-8-12(11)17-13/h5-8,10,16-17H,3-4,9H2,1-2H3. The first-order chi connectivity index (χ1) is 8.26. The van der Waals surface area contributed by atoms with E-state index in [1.807, 2.05) is 12.1 Å². The van der Waals surface area contributed by atoms with Crippen molar-refractivity contribution in [1.29, 1.82) is 0 Å². The third-order valence-electron chi connectivity index (χ3n) is 3.27. The highest BCUT2D eigenvalue weighted by Gasteiger charge is 2.10. The van der Waals surface area contributed by atoms with Crippen LogP contribution < -0.4 is 5.32 Å². The quantitative estimate of drug-likeness (QED) is 0.822. The molecule has 0 saturated heterocycles. The first-order valence-electron chi connectivity index (χ1n) is 6.24. The molecular formula is C14H19ClN2. The van der Waals surface area contributed by atoms with Gasteiger partial charge in [-0.25, -0.2) is 0 Å². The van der Waals surface area contributed by atoms with E-state index < -0.39 is 0 Å². The van der Waals surface area contributed by atoms with Crippen molar-refractivity contribution in [3.05, 3.63) is 35.0 Å². The third kappa shape index (κ3) is 2.64. The van der Waals surface area contributed by atoms with Crippen molar-refractivity contribution >= 4 is 22.5 Å². The van der Waals surface area contributed by atoms with Crippen LogP contribution in [0.25, 0.3) is 10.9 Å². The van der Waals surface area contributed by atoms with Crippen LogP contribution in [0.1, 0.15) is 32.4 Å². The number of nitrogens with one attached hydrogen (secondary N) is 2. The highest BCUT2D eigenvalue weighted by atomic mass is 35.5. The molecular weight excluding hydrogens is 232 g/mol. The molecule has 0 unspecified atom stereocenters. The molecule has 2 nitrogen and oxygen atoms in total. The van der Waals surface area contributed by atoms with E-state index in [1.165, 1.54) is 0 Å². The summed E-state index contributed by atoms with van der Waals surface area (Å²) in [4.78, 5) is 3.37. The Balaban J connectivity index is 2.16. The van der Waals surface area contributed by atoms with Gasteiger partial charge in [0.05, 0.1) is 5.02 Å². The monoisotopic (exact) mass is 250 g/mol. The number of para-hydroxylation sites is 1. The van der Waals surface area contributed by atoms with E-state index in [1.54, 1.807) is 0 Å². The molecule has 17 heavy (non-hydrogen) atoms. The normalized spacial score (nSPS) is 11.5. The Hall–Kier alpha value is -0.990. The van der Waals surface area contributed by atoms with Crippen LogP contribution >= 0.6 is 11.6 Å². The Morgan fingerprint density at radius 2 is 1.94 bits per heavy atom. The van der Waals surface area contributed by atoms with Gasteiger partial charge in [-0.3, -0.25) is 0 Å². The van der Waals surface area contributed by atoms with Crippen molar-refractivity contribution in [1.82, 2.24) is 10.3 Å². The molecule has 0 spiro atoms. The topological polar surface area (TPSA) is 27.8 Å². The summed E-state index contributed by atoms with van der Waals surface area (Å²) in [5, 5.41) is 5.47. The minimum atomic E-state index is 0.567.